The minimum absolute atomic E-state index is 0.188. The summed E-state index contributed by atoms with van der Waals surface area (Å²) in [7, 11) is 0. The number of rotatable bonds is 5. The Kier molecular flexibility index (Phi) is 5.43. The van der Waals surface area contributed by atoms with Gasteiger partial charge in [0.15, 0.2) is 0 Å². The molecule has 6 aromatic rings. The number of benzene rings is 2. The van der Waals surface area contributed by atoms with Crippen LogP contribution in [0.15, 0.2) is 73.1 Å². The van der Waals surface area contributed by atoms with Crippen LogP contribution in [0.2, 0.25) is 0 Å². The van der Waals surface area contributed by atoms with Crippen LogP contribution in [0, 0.1) is 6.92 Å². The number of piperidine rings is 1. The quantitative estimate of drug-likeness (QED) is 0.273. The Hall–Kier alpha value is -4.92. The fraction of sp³-hybridized carbons (Fsp3) is 0.200. The van der Waals surface area contributed by atoms with Crippen LogP contribution in [-0.4, -0.2) is 48.6 Å². The third-order valence-electron chi connectivity index (χ3n) is 7.64. The van der Waals surface area contributed by atoms with Crippen molar-refractivity contribution in [2.24, 2.45) is 0 Å². The van der Waals surface area contributed by atoms with Crippen molar-refractivity contribution >= 4 is 39.4 Å². The fourth-order valence-corrected chi connectivity index (χ4v) is 5.66. The average molecular weight is 517 g/mol. The van der Waals surface area contributed by atoms with Crippen LogP contribution >= 0.6 is 0 Å². The molecule has 1 saturated heterocycles. The minimum Gasteiger partial charge on any atom is -0.383 e. The van der Waals surface area contributed by atoms with Crippen LogP contribution in [0.3, 0.4) is 0 Å². The van der Waals surface area contributed by atoms with Gasteiger partial charge in [-0.2, -0.15) is 5.10 Å². The van der Waals surface area contributed by atoms with Crippen LogP contribution in [0.25, 0.3) is 27.6 Å². The SMILES string of the molecule is Cc1nc2cc(-n3ncc(C(=O)c4cc5ccc(C6CCCN(c7ccccn7)C6)cc5[nH]4)c3N)ccc2[nH]1. The number of fused-ring (bicyclic) bond motifs is 2. The highest BCUT2D eigenvalue weighted by Gasteiger charge is 2.24. The molecule has 5 heterocycles. The highest BCUT2D eigenvalue weighted by Crippen LogP contribution is 2.32. The van der Waals surface area contributed by atoms with Gasteiger partial charge in [-0.3, -0.25) is 4.79 Å². The van der Waals surface area contributed by atoms with Gasteiger partial charge in [0.2, 0.25) is 5.78 Å². The number of carbonyl (C=O) groups is 1. The smallest absolute Gasteiger partial charge is 0.214 e. The molecule has 1 unspecified atom stereocenters. The second-order valence-electron chi connectivity index (χ2n) is 10.2. The van der Waals surface area contributed by atoms with E-state index in [0.717, 1.165) is 65.2 Å². The van der Waals surface area contributed by atoms with Crippen molar-refractivity contribution in [2.45, 2.75) is 25.7 Å². The number of nitrogens with zero attached hydrogens (tertiary/aromatic N) is 5. The predicted octanol–water partition coefficient (Wildman–Crippen LogP) is 5.13. The zero-order valence-electron chi connectivity index (χ0n) is 21.6. The van der Waals surface area contributed by atoms with Gasteiger partial charge in [0.05, 0.1) is 34.2 Å². The molecule has 0 radical (unpaired) electrons. The lowest BCUT2D eigenvalue weighted by Gasteiger charge is -2.33. The first-order valence-electron chi connectivity index (χ1n) is 13.2. The van der Waals surface area contributed by atoms with Crippen molar-refractivity contribution in [2.75, 3.05) is 23.7 Å². The number of ketones is 1. The van der Waals surface area contributed by atoms with Crippen LogP contribution in [0.5, 0.6) is 0 Å². The normalized spacial score (nSPS) is 15.8. The molecule has 9 heteroatoms. The molecule has 1 fully saturated rings. The summed E-state index contributed by atoms with van der Waals surface area (Å²) in [5, 5.41) is 5.41. The van der Waals surface area contributed by atoms with Gasteiger partial charge < -0.3 is 20.6 Å². The van der Waals surface area contributed by atoms with Gasteiger partial charge in [-0.15, -0.1) is 0 Å². The van der Waals surface area contributed by atoms with Crippen molar-refractivity contribution in [3.05, 3.63) is 95.7 Å². The molecule has 0 saturated carbocycles. The van der Waals surface area contributed by atoms with E-state index in [1.165, 1.54) is 11.8 Å². The maximum atomic E-state index is 13.5. The number of hydrogen-bond acceptors (Lipinski definition) is 6. The highest BCUT2D eigenvalue weighted by molar-refractivity contribution is 6.12. The third-order valence-corrected chi connectivity index (χ3v) is 7.64. The number of nitrogens with two attached hydrogens (primary N) is 1. The van der Waals surface area contributed by atoms with Gasteiger partial charge in [-0.25, -0.2) is 14.6 Å². The number of nitrogens with one attached hydrogen (secondary N) is 2. The first-order chi connectivity index (χ1) is 19.0. The van der Waals surface area contributed by atoms with E-state index in [-0.39, 0.29) is 5.78 Å². The fourth-order valence-electron chi connectivity index (χ4n) is 5.66. The van der Waals surface area contributed by atoms with Gasteiger partial charge in [-0.1, -0.05) is 18.2 Å². The Morgan fingerprint density at radius 2 is 1.97 bits per heavy atom. The van der Waals surface area contributed by atoms with Crippen LogP contribution in [0.1, 0.15) is 46.2 Å². The van der Waals surface area contributed by atoms with E-state index in [0.29, 0.717) is 23.0 Å². The molecule has 0 amide bonds. The van der Waals surface area contributed by atoms with Gasteiger partial charge in [0.1, 0.15) is 17.5 Å². The number of pyridine rings is 1. The summed E-state index contributed by atoms with van der Waals surface area (Å²) in [6.07, 6.45) is 5.62. The molecule has 194 valence electrons. The molecular weight excluding hydrogens is 488 g/mol. The lowest BCUT2D eigenvalue weighted by Crippen LogP contribution is -2.34. The molecule has 7 rings (SSSR count). The van der Waals surface area contributed by atoms with Crippen molar-refractivity contribution in [1.82, 2.24) is 29.7 Å². The zero-order chi connectivity index (χ0) is 26.5. The van der Waals surface area contributed by atoms with Gasteiger partial charge in [0, 0.05) is 36.1 Å². The maximum absolute atomic E-state index is 13.5. The zero-order valence-corrected chi connectivity index (χ0v) is 21.6. The number of nitrogen functional groups attached to an aromatic ring is 1. The van der Waals surface area contributed by atoms with E-state index in [9.17, 15) is 4.79 Å². The minimum atomic E-state index is -0.188. The molecule has 0 spiro atoms. The second kappa shape index (κ2) is 9.13. The Bertz CT molecular complexity index is 1830. The monoisotopic (exact) mass is 516 g/mol. The first kappa shape index (κ1) is 23.2. The Morgan fingerprint density at radius 1 is 1.05 bits per heavy atom. The van der Waals surface area contributed by atoms with Crippen LogP contribution < -0.4 is 10.6 Å². The first-order valence-corrected chi connectivity index (χ1v) is 13.2. The van der Waals surface area contributed by atoms with Gasteiger partial charge in [-0.05, 0) is 67.8 Å². The topological polar surface area (TPSA) is 122 Å². The molecule has 1 aliphatic heterocycles. The predicted molar refractivity (Wildman–Crippen MR) is 153 cm³/mol. The summed E-state index contributed by atoms with van der Waals surface area (Å²) in [4.78, 5) is 31.4. The molecule has 1 atom stereocenters. The standard InChI is InChI=1S/C30H28N8O/c1-18-34-24-10-9-22(15-26(24)35-18)38-30(31)23(16-33-38)29(39)27-14-20-8-7-19(13-25(20)36-27)21-5-4-12-37(17-21)28-6-2-3-11-32-28/h2-3,6-11,13-16,21,36H,4-5,12,17,31H2,1H3,(H,34,35). The largest absolute Gasteiger partial charge is 0.383 e. The lowest BCUT2D eigenvalue weighted by atomic mass is 9.90. The lowest BCUT2D eigenvalue weighted by molar-refractivity contribution is 0.103. The highest BCUT2D eigenvalue weighted by atomic mass is 16.1. The molecule has 4 aromatic heterocycles. The number of H-pyrrole nitrogens is 2. The van der Waals surface area contributed by atoms with Crippen molar-refractivity contribution in [1.29, 1.82) is 0 Å². The Labute approximate surface area is 224 Å². The molecular formula is C30H28N8O. The number of carbonyl (C=O) groups excluding carboxylic acids is 1. The van der Waals surface area contributed by atoms with Gasteiger partial charge in [0.25, 0.3) is 0 Å². The Balaban J connectivity index is 1.15. The number of hydrogen-bond donors (Lipinski definition) is 3. The molecule has 0 bridgehead atoms. The summed E-state index contributed by atoms with van der Waals surface area (Å²) in [6, 6.07) is 20.1. The van der Waals surface area contributed by atoms with Crippen LogP contribution in [-0.2, 0) is 0 Å². The number of aromatic amines is 2. The van der Waals surface area contributed by atoms with E-state index in [1.54, 1.807) is 4.68 Å². The summed E-state index contributed by atoms with van der Waals surface area (Å²) < 4.78 is 1.58. The maximum Gasteiger partial charge on any atom is 0.214 e. The summed E-state index contributed by atoms with van der Waals surface area (Å²) >= 11 is 0. The number of aromatic nitrogens is 6. The van der Waals surface area contributed by atoms with E-state index in [4.69, 9.17) is 5.73 Å². The molecule has 4 N–H and O–H groups in total. The van der Waals surface area contributed by atoms with Crippen molar-refractivity contribution < 1.29 is 4.79 Å². The van der Waals surface area contributed by atoms with E-state index in [2.05, 4.69) is 54.2 Å². The number of imidazole rings is 1. The summed E-state index contributed by atoms with van der Waals surface area (Å²) in [5.41, 5.74) is 12.0. The van der Waals surface area contributed by atoms with Crippen molar-refractivity contribution in [3.63, 3.8) is 0 Å². The van der Waals surface area contributed by atoms with E-state index >= 15 is 0 Å². The number of aryl methyl sites for hydroxylation is 1. The van der Waals surface area contributed by atoms with E-state index in [1.807, 2.05) is 49.5 Å². The molecule has 1 aliphatic rings. The molecule has 2 aromatic carbocycles. The van der Waals surface area contributed by atoms with Crippen LogP contribution in [0.4, 0.5) is 11.6 Å². The van der Waals surface area contributed by atoms with E-state index < -0.39 is 0 Å². The third kappa shape index (κ3) is 4.12. The second-order valence-corrected chi connectivity index (χ2v) is 10.2. The van der Waals surface area contributed by atoms with Crippen molar-refractivity contribution in [3.8, 4) is 5.69 Å². The molecule has 39 heavy (non-hydrogen) atoms. The number of anilines is 2. The summed E-state index contributed by atoms with van der Waals surface area (Å²) in [6.45, 7) is 3.85. The molecule has 0 aliphatic carbocycles. The Morgan fingerprint density at radius 3 is 2.85 bits per heavy atom. The average Bonchev–Trinajstić information content (AvgIpc) is 3.68. The van der Waals surface area contributed by atoms with Gasteiger partial charge >= 0.3 is 0 Å². The summed E-state index contributed by atoms with van der Waals surface area (Å²) in [5.74, 6) is 2.36. The molecule has 9 nitrogen and oxygen atoms in total.